The third-order valence-corrected chi connectivity index (χ3v) is 1.00. The molecule has 0 bridgehead atoms. The SMILES string of the molecule is C=CNC(C=C)=C(C)C. The number of hydrogen-bond donors (Lipinski definition) is 1. The molecule has 0 saturated carbocycles. The Morgan fingerprint density at radius 1 is 1.33 bits per heavy atom. The maximum absolute atomic E-state index is 3.63. The van der Waals surface area contributed by atoms with Crippen molar-refractivity contribution in [2.45, 2.75) is 13.8 Å². The molecule has 0 aliphatic heterocycles. The maximum Gasteiger partial charge on any atom is 0.0359 e. The molecule has 0 atom stereocenters. The zero-order valence-electron chi connectivity index (χ0n) is 6.07. The van der Waals surface area contributed by atoms with Gasteiger partial charge in [-0.05, 0) is 26.1 Å². The van der Waals surface area contributed by atoms with Crippen LogP contribution in [-0.4, -0.2) is 0 Å². The van der Waals surface area contributed by atoms with E-state index in [2.05, 4.69) is 18.5 Å². The summed E-state index contributed by atoms with van der Waals surface area (Å²) < 4.78 is 0. The van der Waals surface area contributed by atoms with Crippen LogP contribution in [0.25, 0.3) is 0 Å². The Morgan fingerprint density at radius 2 is 1.89 bits per heavy atom. The molecule has 1 nitrogen and oxygen atoms in total. The van der Waals surface area contributed by atoms with Gasteiger partial charge in [0, 0.05) is 5.70 Å². The molecule has 1 heteroatoms. The molecule has 0 radical (unpaired) electrons. The lowest BCUT2D eigenvalue weighted by atomic mass is 10.2. The van der Waals surface area contributed by atoms with Crippen LogP contribution in [0.1, 0.15) is 13.8 Å². The van der Waals surface area contributed by atoms with Gasteiger partial charge >= 0.3 is 0 Å². The highest BCUT2D eigenvalue weighted by molar-refractivity contribution is 5.20. The zero-order valence-corrected chi connectivity index (χ0v) is 6.07. The van der Waals surface area contributed by atoms with E-state index in [1.807, 2.05) is 13.8 Å². The molecule has 1 N–H and O–H groups in total. The van der Waals surface area contributed by atoms with Crippen molar-refractivity contribution in [3.05, 3.63) is 36.7 Å². The third kappa shape index (κ3) is 2.75. The molecule has 0 aliphatic carbocycles. The normalized spacial score (nSPS) is 7.78. The van der Waals surface area contributed by atoms with E-state index < -0.39 is 0 Å². The minimum Gasteiger partial charge on any atom is -0.362 e. The van der Waals surface area contributed by atoms with Crippen molar-refractivity contribution < 1.29 is 0 Å². The van der Waals surface area contributed by atoms with Crippen LogP contribution < -0.4 is 5.32 Å². The van der Waals surface area contributed by atoms with Gasteiger partial charge in [0.2, 0.25) is 0 Å². The molecule has 0 saturated heterocycles. The number of allylic oxidation sites excluding steroid dienone is 2. The van der Waals surface area contributed by atoms with E-state index in [1.165, 1.54) is 5.57 Å². The molecule has 50 valence electrons. The molecule has 0 unspecified atom stereocenters. The van der Waals surface area contributed by atoms with Gasteiger partial charge in [-0.3, -0.25) is 0 Å². The summed E-state index contributed by atoms with van der Waals surface area (Å²) in [6, 6.07) is 0. The summed E-state index contributed by atoms with van der Waals surface area (Å²) in [5, 5.41) is 2.96. The van der Waals surface area contributed by atoms with Gasteiger partial charge in [-0.25, -0.2) is 0 Å². The molecule has 0 spiro atoms. The van der Waals surface area contributed by atoms with Crippen molar-refractivity contribution in [2.75, 3.05) is 0 Å². The molecule has 0 aromatic carbocycles. The monoisotopic (exact) mass is 123 g/mol. The van der Waals surface area contributed by atoms with Gasteiger partial charge in [0.05, 0.1) is 0 Å². The Bertz CT molecular complexity index is 139. The second-order valence-electron chi connectivity index (χ2n) is 1.97. The van der Waals surface area contributed by atoms with Gasteiger partial charge in [-0.1, -0.05) is 18.7 Å². The highest BCUT2D eigenvalue weighted by Gasteiger charge is 1.86. The summed E-state index contributed by atoms with van der Waals surface area (Å²) in [5.74, 6) is 0. The van der Waals surface area contributed by atoms with Crippen molar-refractivity contribution in [3.63, 3.8) is 0 Å². The second-order valence-corrected chi connectivity index (χ2v) is 1.97. The van der Waals surface area contributed by atoms with Gasteiger partial charge in [-0.2, -0.15) is 0 Å². The minimum absolute atomic E-state index is 1.03. The second kappa shape index (κ2) is 3.96. The molecule has 0 aromatic rings. The van der Waals surface area contributed by atoms with Crippen molar-refractivity contribution >= 4 is 0 Å². The first kappa shape index (κ1) is 8.02. The van der Waals surface area contributed by atoms with E-state index in [4.69, 9.17) is 0 Å². The number of hydrogen-bond acceptors (Lipinski definition) is 1. The lowest BCUT2D eigenvalue weighted by Crippen LogP contribution is -2.02. The van der Waals surface area contributed by atoms with Crippen molar-refractivity contribution in [1.29, 1.82) is 0 Å². The molecular formula is C8H13N. The average molecular weight is 123 g/mol. The molecule has 0 amide bonds. The summed E-state index contributed by atoms with van der Waals surface area (Å²) in [5.41, 5.74) is 2.25. The van der Waals surface area contributed by atoms with E-state index in [1.54, 1.807) is 12.3 Å². The fraction of sp³-hybridized carbons (Fsp3) is 0.250. The van der Waals surface area contributed by atoms with Gasteiger partial charge in [-0.15, -0.1) is 0 Å². The molecule has 0 aromatic heterocycles. The molecular weight excluding hydrogens is 110 g/mol. The molecule has 0 fully saturated rings. The fourth-order valence-corrected chi connectivity index (χ4v) is 0.517. The van der Waals surface area contributed by atoms with E-state index in [-0.39, 0.29) is 0 Å². The average Bonchev–Trinajstić information content (AvgIpc) is 1.82. The van der Waals surface area contributed by atoms with Crippen LogP contribution in [0.15, 0.2) is 36.7 Å². The summed E-state index contributed by atoms with van der Waals surface area (Å²) in [6.07, 6.45) is 3.42. The molecule has 0 rings (SSSR count). The van der Waals surface area contributed by atoms with Crippen LogP contribution in [0, 0.1) is 0 Å². The fourth-order valence-electron chi connectivity index (χ4n) is 0.517. The predicted octanol–water partition coefficient (Wildman–Crippen LogP) is 2.20. The van der Waals surface area contributed by atoms with Crippen LogP contribution in [0.4, 0.5) is 0 Å². The van der Waals surface area contributed by atoms with Gasteiger partial charge < -0.3 is 5.32 Å². The molecule has 0 aliphatic rings. The highest BCUT2D eigenvalue weighted by atomic mass is 14.8. The summed E-state index contributed by atoms with van der Waals surface area (Å²) in [4.78, 5) is 0. The Balaban J connectivity index is 4.14. The van der Waals surface area contributed by atoms with Crippen molar-refractivity contribution in [3.8, 4) is 0 Å². The first-order valence-electron chi connectivity index (χ1n) is 2.89. The van der Waals surface area contributed by atoms with E-state index in [0.29, 0.717) is 0 Å². The predicted molar refractivity (Wildman–Crippen MR) is 41.9 cm³/mol. The lowest BCUT2D eigenvalue weighted by Gasteiger charge is -2.01. The Hall–Kier alpha value is -0.980. The topological polar surface area (TPSA) is 12.0 Å². The van der Waals surface area contributed by atoms with Gasteiger partial charge in [0.25, 0.3) is 0 Å². The van der Waals surface area contributed by atoms with Crippen LogP contribution in [0.3, 0.4) is 0 Å². The quantitative estimate of drug-likeness (QED) is 0.567. The molecule has 0 heterocycles. The van der Waals surface area contributed by atoms with Crippen LogP contribution >= 0.6 is 0 Å². The van der Waals surface area contributed by atoms with Gasteiger partial charge in [0.15, 0.2) is 0 Å². The van der Waals surface area contributed by atoms with Gasteiger partial charge in [0.1, 0.15) is 0 Å². The lowest BCUT2D eigenvalue weighted by molar-refractivity contribution is 1.07. The van der Waals surface area contributed by atoms with Crippen molar-refractivity contribution in [1.82, 2.24) is 5.32 Å². The standard InChI is InChI=1S/C8H13N/c1-5-8(7(3)4)9-6-2/h5-6,9H,1-2H2,3-4H3. The molecule has 9 heavy (non-hydrogen) atoms. The number of rotatable bonds is 3. The summed E-state index contributed by atoms with van der Waals surface area (Å²) >= 11 is 0. The first-order chi connectivity index (χ1) is 4.22. The largest absolute Gasteiger partial charge is 0.362 e. The Morgan fingerprint density at radius 3 is 2.00 bits per heavy atom. The van der Waals surface area contributed by atoms with Crippen LogP contribution in [-0.2, 0) is 0 Å². The smallest absolute Gasteiger partial charge is 0.0359 e. The third-order valence-electron chi connectivity index (χ3n) is 1.00. The first-order valence-corrected chi connectivity index (χ1v) is 2.89. The summed E-state index contributed by atoms with van der Waals surface area (Å²) in [6.45, 7) is 11.2. The Kier molecular flexibility index (Phi) is 3.52. The van der Waals surface area contributed by atoms with Crippen LogP contribution in [0.2, 0.25) is 0 Å². The van der Waals surface area contributed by atoms with E-state index >= 15 is 0 Å². The number of nitrogens with one attached hydrogen (secondary N) is 1. The van der Waals surface area contributed by atoms with E-state index in [0.717, 1.165) is 5.70 Å². The minimum atomic E-state index is 1.03. The van der Waals surface area contributed by atoms with Crippen molar-refractivity contribution in [2.24, 2.45) is 0 Å². The highest BCUT2D eigenvalue weighted by Crippen LogP contribution is 1.98. The van der Waals surface area contributed by atoms with E-state index in [9.17, 15) is 0 Å². The summed E-state index contributed by atoms with van der Waals surface area (Å²) in [7, 11) is 0. The zero-order chi connectivity index (χ0) is 7.28. The van der Waals surface area contributed by atoms with Crippen LogP contribution in [0.5, 0.6) is 0 Å². The maximum atomic E-state index is 3.63. The Labute approximate surface area is 56.8 Å².